The van der Waals surface area contributed by atoms with Crippen molar-refractivity contribution in [3.05, 3.63) is 64.1 Å². The number of nitrogens with zero attached hydrogens (tertiary/aromatic N) is 3. The van der Waals surface area contributed by atoms with Crippen LogP contribution in [-0.2, 0) is 0 Å². The van der Waals surface area contributed by atoms with Crippen LogP contribution in [0.2, 0.25) is 0 Å². The van der Waals surface area contributed by atoms with Crippen molar-refractivity contribution in [1.82, 2.24) is 5.32 Å². The number of hydrogen-bond donors (Lipinski definition) is 1. The van der Waals surface area contributed by atoms with Crippen molar-refractivity contribution in [2.75, 3.05) is 0 Å². The molecule has 110 valence electrons. The van der Waals surface area contributed by atoms with Crippen LogP contribution in [0.3, 0.4) is 0 Å². The summed E-state index contributed by atoms with van der Waals surface area (Å²) in [6, 6.07) is 11.8. The predicted molar refractivity (Wildman–Crippen MR) is 81.1 cm³/mol. The summed E-state index contributed by atoms with van der Waals surface area (Å²) in [7, 11) is 0. The molecular weight excluding hydrogens is 291 g/mol. The summed E-state index contributed by atoms with van der Waals surface area (Å²) < 4.78 is 13.5. The molecule has 3 rings (SSSR count). The maximum absolute atomic E-state index is 13.5. The van der Waals surface area contributed by atoms with Gasteiger partial charge >= 0.3 is 0 Å². The van der Waals surface area contributed by atoms with Gasteiger partial charge in [-0.2, -0.15) is 15.8 Å². The molecule has 0 radical (unpaired) electrons. The summed E-state index contributed by atoms with van der Waals surface area (Å²) in [5.41, 5.74) is 2.38. The first-order valence-corrected chi connectivity index (χ1v) is 7.11. The second-order valence-corrected chi connectivity index (χ2v) is 5.38. The van der Waals surface area contributed by atoms with E-state index in [-0.39, 0.29) is 23.0 Å². The Morgan fingerprint density at radius 2 is 1.91 bits per heavy atom. The monoisotopic (exact) mass is 302 g/mol. The Morgan fingerprint density at radius 3 is 2.48 bits per heavy atom. The smallest absolute Gasteiger partial charge is 0.154 e. The summed E-state index contributed by atoms with van der Waals surface area (Å²) in [6.45, 7) is 0. The van der Waals surface area contributed by atoms with E-state index in [1.54, 1.807) is 12.1 Å². The molecule has 0 saturated heterocycles. The standard InChI is InChI=1S/C18H11FN4/c19-14-3-1-2-12(6-14)17-7-15(11-4-5-11)16(10-22)18(23-17)13(8-20)9-21/h1-3,6-7,11,23H,4-5H2. The van der Waals surface area contributed by atoms with Crippen LogP contribution >= 0.6 is 0 Å². The number of dihydropyridines is 1. The highest BCUT2D eigenvalue weighted by Crippen LogP contribution is 2.43. The van der Waals surface area contributed by atoms with E-state index in [0.717, 1.165) is 18.4 Å². The third kappa shape index (κ3) is 2.71. The highest BCUT2D eigenvalue weighted by molar-refractivity contribution is 5.76. The van der Waals surface area contributed by atoms with Crippen molar-refractivity contribution in [2.45, 2.75) is 12.8 Å². The van der Waals surface area contributed by atoms with Crippen LogP contribution in [0, 0.1) is 45.7 Å². The second-order valence-electron chi connectivity index (χ2n) is 5.38. The summed E-state index contributed by atoms with van der Waals surface area (Å²) in [4.78, 5) is 0. The molecule has 0 unspecified atom stereocenters. The van der Waals surface area contributed by atoms with Crippen LogP contribution in [0.25, 0.3) is 5.70 Å². The van der Waals surface area contributed by atoms with E-state index in [0.29, 0.717) is 16.8 Å². The Labute approximate surface area is 133 Å². The first-order valence-electron chi connectivity index (χ1n) is 7.11. The Hall–Kier alpha value is -3.36. The van der Waals surface area contributed by atoms with Crippen LogP contribution in [-0.4, -0.2) is 0 Å². The Bertz CT molecular complexity index is 880. The van der Waals surface area contributed by atoms with Gasteiger partial charge in [-0.25, -0.2) is 4.39 Å². The predicted octanol–water partition coefficient (Wildman–Crippen LogP) is 3.30. The maximum Gasteiger partial charge on any atom is 0.154 e. The first-order chi connectivity index (χ1) is 11.2. The molecule has 1 aromatic rings. The van der Waals surface area contributed by atoms with Gasteiger partial charge in [0.2, 0.25) is 0 Å². The molecule has 0 amide bonds. The lowest BCUT2D eigenvalue weighted by Gasteiger charge is -2.22. The van der Waals surface area contributed by atoms with Crippen molar-refractivity contribution < 1.29 is 4.39 Å². The number of halogens is 1. The topological polar surface area (TPSA) is 83.4 Å². The molecule has 1 fully saturated rings. The van der Waals surface area contributed by atoms with Crippen molar-refractivity contribution >= 4 is 5.70 Å². The van der Waals surface area contributed by atoms with Crippen LogP contribution in [0.1, 0.15) is 18.4 Å². The Balaban J connectivity index is 2.20. The molecule has 23 heavy (non-hydrogen) atoms. The molecule has 0 atom stereocenters. The lowest BCUT2D eigenvalue weighted by Crippen LogP contribution is -2.21. The van der Waals surface area contributed by atoms with E-state index in [1.165, 1.54) is 12.1 Å². The third-order valence-electron chi connectivity index (χ3n) is 3.84. The zero-order valence-corrected chi connectivity index (χ0v) is 12.1. The first kappa shape index (κ1) is 14.6. The molecule has 2 aliphatic rings. The van der Waals surface area contributed by atoms with E-state index in [9.17, 15) is 9.65 Å². The average molecular weight is 302 g/mol. The summed E-state index contributed by atoms with van der Waals surface area (Å²) >= 11 is 0. The highest BCUT2D eigenvalue weighted by atomic mass is 19.1. The fraction of sp³-hybridized carbons (Fsp3) is 0.167. The number of nitrogens with one attached hydrogen (secondary N) is 1. The summed E-state index contributed by atoms with van der Waals surface area (Å²) in [6.07, 6.45) is 3.76. The van der Waals surface area contributed by atoms with E-state index in [2.05, 4.69) is 11.4 Å². The molecule has 1 heterocycles. The van der Waals surface area contributed by atoms with Gasteiger partial charge in [-0.1, -0.05) is 12.1 Å². The van der Waals surface area contributed by atoms with Crippen LogP contribution in [0.4, 0.5) is 4.39 Å². The zero-order valence-electron chi connectivity index (χ0n) is 12.1. The van der Waals surface area contributed by atoms with Crippen LogP contribution in [0.15, 0.2) is 52.8 Å². The Morgan fingerprint density at radius 1 is 1.17 bits per heavy atom. The summed E-state index contributed by atoms with van der Waals surface area (Å²) in [5.74, 6) is -0.122. The molecule has 1 saturated carbocycles. The fourth-order valence-electron chi connectivity index (χ4n) is 2.58. The number of benzene rings is 1. The molecular formula is C18H11FN4. The second kappa shape index (κ2) is 5.79. The maximum atomic E-state index is 13.5. The molecule has 1 aliphatic carbocycles. The van der Waals surface area contributed by atoms with Gasteiger partial charge in [0.05, 0.1) is 11.3 Å². The van der Waals surface area contributed by atoms with E-state index < -0.39 is 0 Å². The quantitative estimate of drug-likeness (QED) is 0.850. The van der Waals surface area contributed by atoms with Gasteiger partial charge in [0.25, 0.3) is 0 Å². The van der Waals surface area contributed by atoms with Gasteiger partial charge < -0.3 is 5.32 Å². The number of rotatable bonds is 2. The molecule has 0 aromatic heterocycles. The Kier molecular flexibility index (Phi) is 3.67. The minimum Gasteiger partial charge on any atom is -0.352 e. The van der Waals surface area contributed by atoms with Gasteiger partial charge in [0.1, 0.15) is 24.0 Å². The highest BCUT2D eigenvalue weighted by Gasteiger charge is 2.32. The van der Waals surface area contributed by atoms with Crippen molar-refractivity contribution in [3.63, 3.8) is 0 Å². The molecule has 1 N–H and O–H groups in total. The van der Waals surface area contributed by atoms with Gasteiger partial charge in [-0.05, 0) is 42.5 Å². The van der Waals surface area contributed by atoms with Gasteiger partial charge in [0, 0.05) is 11.3 Å². The lowest BCUT2D eigenvalue weighted by atomic mass is 9.93. The minimum atomic E-state index is -0.375. The van der Waals surface area contributed by atoms with Gasteiger partial charge in [0.15, 0.2) is 5.57 Å². The molecule has 0 bridgehead atoms. The summed E-state index contributed by atoms with van der Waals surface area (Å²) in [5, 5.41) is 30.7. The van der Waals surface area contributed by atoms with Crippen molar-refractivity contribution in [1.29, 1.82) is 15.8 Å². The average Bonchev–Trinajstić information content (AvgIpc) is 3.40. The largest absolute Gasteiger partial charge is 0.352 e. The van der Waals surface area contributed by atoms with E-state index in [1.807, 2.05) is 18.2 Å². The molecule has 4 nitrogen and oxygen atoms in total. The van der Waals surface area contributed by atoms with Crippen LogP contribution < -0.4 is 5.32 Å². The fourth-order valence-corrected chi connectivity index (χ4v) is 2.58. The normalized spacial score (nSPS) is 16.6. The molecule has 5 heteroatoms. The van der Waals surface area contributed by atoms with E-state index in [4.69, 9.17) is 10.5 Å². The number of allylic oxidation sites excluding steroid dienone is 4. The third-order valence-corrected chi connectivity index (χ3v) is 3.84. The molecule has 1 aromatic carbocycles. The lowest BCUT2D eigenvalue weighted by molar-refractivity contribution is 0.627. The molecule has 1 aliphatic heterocycles. The van der Waals surface area contributed by atoms with Crippen LogP contribution in [0.5, 0.6) is 0 Å². The van der Waals surface area contributed by atoms with Gasteiger partial charge in [-0.15, -0.1) is 0 Å². The van der Waals surface area contributed by atoms with Crippen molar-refractivity contribution in [2.24, 2.45) is 5.92 Å². The zero-order chi connectivity index (χ0) is 16.4. The van der Waals surface area contributed by atoms with E-state index >= 15 is 0 Å². The SMILES string of the molecule is N#CC(C#N)=C1NC(c2cccc(F)c2)=CC(C2CC2)=C1C#N. The van der Waals surface area contributed by atoms with Gasteiger partial charge in [-0.3, -0.25) is 0 Å². The minimum absolute atomic E-state index is 0.151. The number of hydrogen-bond acceptors (Lipinski definition) is 4. The number of nitriles is 3. The van der Waals surface area contributed by atoms with Crippen molar-refractivity contribution in [3.8, 4) is 18.2 Å². The molecule has 0 spiro atoms.